The summed E-state index contributed by atoms with van der Waals surface area (Å²) in [4.78, 5) is 11.1. The van der Waals surface area contributed by atoms with Gasteiger partial charge in [0.15, 0.2) is 0 Å². The van der Waals surface area contributed by atoms with Crippen LogP contribution in [0, 0.1) is 6.92 Å². The Kier molecular flexibility index (Phi) is 2.31. The van der Waals surface area contributed by atoms with Crippen LogP contribution in [0.2, 0.25) is 0 Å². The van der Waals surface area contributed by atoms with Gasteiger partial charge in [-0.25, -0.2) is 4.79 Å². The normalized spacial score (nSPS) is 10.9. The molecule has 1 aromatic carbocycles. The highest BCUT2D eigenvalue weighted by molar-refractivity contribution is 9.10. The van der Waals surface area contributed by atoms with Crippen LogP contribution in [-0.2, 0) is 7.05 Å². The average Bonchev–Trinajstić information content (AvgIpc) is 2.41. The zero-order valence-corrected chi connectivity index (χ0v) is 10.00. The Bertz CT molecular complexity index is 557. The Morgan fingerprint density at radius 3 is 2.73 bits per heavy atom. The summed E-state index contributed by atoms with van der Waals surface area (Å²) in [6.45, 7) is 1.82. The van der Waals surface area contributed by atoms with Crippen LogP contribution in [0.25, 0.3) is 10.9 Å². The number of fused-ring (bicyclic) bond motifs is 1. The minimum atomic E-state index is -0.879. The van der Waals surface area contributed by atoms with E-state index in [-0.39, 0.29) is 0 Å². The second kappa shape index (κ2) is 3.38. The molecular weight excluding hydrogens is 258 g/mol. The van der Waals surface area contributed by atoms with Gasteiger partial charge in [-0.05, 0) is 28.9 Å². The van der Waals surface area contributed by atoms with Gasteiger partial charge in [0, 0.05) is 22.6 Å². The van der Waals surface area contributed by atoms with E-state index < -0.39 is 5.97 Å². The number of rotatable bonds is 1. The van der Waals surface area contributed by atoms with Crippen molar-refractivity contribution in [3.05, 3.63) is 33.9 Å². The van der Waals surface area contributed by atoms with Gasteiger partial charge in [0.1, 0.15) is 0 Å². The van der Waals surface area contributed by atoms with Crippen molar-refractivity contribution < 1.29 is 9.90 Å². The van der Waals surface area contributed by atoms with Gasteiger partial charge < -0.3 is 9.67 Å². The van der Waals surface area contributed by atoms with E-state index in [0.29, 0.717) is 5.56 Å². The van der Waals surface area contributed by atoms with Gasteiger partial charge in [-0.15, -0.1) is 0 Å². The molecule has 15 heavy (non-hydrogen) atoms. The van der Waals surface area contributed by atoms with Gasteiger partial charge in [0.05, 0.1) is 11.1 Å². The smallest absolute Gasteiger partial charge is 0.338 e. The van der Waals surface area contributed by atoms with Crippen molar-refractivity contribution in [2.45, 2.75) is 6.92 Å². The van der Waals surface area contributed by atoms with Crippen LogP contribution in [0.1, 0.15) is 16.1 Å². The lowest BCUT2D eigenvalue weighted by molar-refractivity contribution is 0.0698. The topological polar surface area (TPSA) is 42.2 Å². The van der Waals surface area contributed by atoms with E-state index in [2.05, 4.69) is 15.9 Å². The summed E-state index contributed by atoms with van der Waals surface area (Å²) in [5, 5.41) is 9.91. The fourth-order valence-corrected chi connectivity index (χ4v) is 2.49. The predicted octanol–water partition coefficient (Wildman–Crippen LogP) is 2.95. The van der Waals surface area contributed by atoms with Crippen molar-refractivity contribution in [1.82, 2.24) is 4.57 Å². The molecule has 0 unspecified atom stereocenters. The Balaban J connectivity index is 3.00. The summed E-state index contributed by atoms with van der Waals surface area (Å²) >= 11 is 3.43. The summed E-state index contributed by atoms with van der Waals surface area (Å²) in [7, 11) is 1.87. The van der Waals surface area contributed by atoms with Crippen molar-refractivity contribution in [2.75, 3.05) is 0 Å². The highest BCUT2D eigenvalue weighted by atomic mass is 79.9. The van der Waals surface area contributed by atoms with E-state index in [1.165, 1.54) is 0 Å². The lowest BCUT2D eigenvalue weighted by Crippen LogP contribution is -1.99. The number of nitrogens with zero attached hydrogens (tertiary/aromatic N) is 1. The lowest BCUT2D eigenvalue weighted by Gasteiger charge is -1.99. The fourth-order valence-electron chi connectivity index (χ4n) is 1.86. The first-order valence-corrected chi connectivity index (χ1v) is 5.30. The zero-order chi connectivity index (χ0) is 11.2. The molecule has 0 atom stereocenters. The molecule has 1 N–H and O–H groups in total. The van der Waals surface area contributed by atoms with Crippen molar-refractivity contribution >= 4 is 32.8 Å². The molecule has 0 spiro atoms. The number of carboxylic acid groups (broad SMARTS) is 1. The Hall–Kier alpha value is -1.29. The Morgan fingerprint density at radius 1 is 1.47 bits per heavy atom. The van der Waals surface area contributed by atoms with E-state index in [4.69, 9.17) is 5.11 Å². The zero-order valence-electron chi connectivity index (χ0n) is 8.41. The maximum atomic E-state index is 11.1. The molecule has 2 aromatic rings. The molecule has 0 aliphatic carbocycles. The third-order valence-electron chi connectivity index (χ3n) is 2.67. The van der Waals surface area contributed by atoms with E-state index >= 15 is 0 Å². The lowest BCUT2D eigenvalue weighted by atomic mass is 10.1. The number of hydrogen-bond acceptors (Lipinski definition) is 1. The molecule has 0 radical (unpaired) electrons. The second-order valence-electron chi connectivity index (χ2n) is 3.46. The molecular formula is C11H10BrNO2. The highest BCUT2D eigenvalue weighted by Crippen LogP contribution is 2.30. The van der Waals surface area contributed by atoms with Crippen LogP contribution >= 0.6 is 15.9 Å². The number of carbonyl (C=O) groups is 1. The van der Waals surface area contributed by atoms with Crippen LogP contribution in [0.15, 0.2) is 22.7 Å². The average molecular weight is 268 g/mol. The number of aromatic carboxylic acids is 1. The van der Waals surface area contributed by atoms with Gasteiger partial charge in [0.2, 0.25) is 0 Å². The van der Waals surface area contributed by atoms with Gasteiger partial charge in [-0.3, -0.25) is 0 Å². The van der Waals surface area contributed by atoms with Gasteiger partial charge >= 0.3 is 5.97 Å². The molecule has 3 nitrogen and oxygen atoms in total. The van der Waals surface area contributed by atoms with Crippen molar-refractivity contribution in [3.8, 4) is 0 Å². The molecule has 0 saturated heterocycles. The largest absolute Gasteiger partial charge is 0.478 e. The summed E-state index contributed by atoms with van der Waals surface area (Å²) < 4.78 is 2.81. The van der Waals surface area contributed by atoms with Crippen molar-refractivity contribution in [3.63, 3.8) is 0 Å². The van der Waals surface area contributed by atoms with E-state index in [1.807, 2.05) is 36.7 Å². The third-order valence-corrected chi connectivity index (χ3v) is 3.31. The third kappa shape index (κ3) is 1.36. The number of hydrogen-bond donors (Lipinski definition) is 1. The number of halogens is 1. The van der Waals surface area contributed by atoms with Crippen LogP contribution < -0.4 is 0 Å². The predicted molar refractivity (Wildman–Crippen MR) is 62.3 cm³/mol. The number of carboxylic acids is 1. The maximum Gasteiger partial charge on any atom is 0.338 e. The molecule has 78 valence electrons. The van der Waals surface area contributed by atoms with Gasteiger partial charge in [0.25, 0.3) is 0 Å². The molecule has 1 aromatic heterocycles. The second-order valence-corrected chi connectivity index (χ2v) is 4.31. The number of aromatic nitrogens is 1. The summed E-state index contributed by atoms with van der Waals surface area (Å²) in [6, 6.07) is 5.59. The monoisotopic (exact) mass is 267 g/mol. The minimum absolute atomic E-state index is 0.383. The first-order chi connectivity index (χ1) is 7.04. The molecule has 2 rings (SSSR count). The van der Waals surface area contributed by atoms with Gasteiger partial charge in [-0.2, -0.15) is 0 Å². The number of para-hydroxylation sites is 1. The van der Waals surface area contributed by atoms with Crippen LogP contribution in [0.4, 0.5) is 0 Å². The molecule has 1 heterocycles. The Labute approximate surface area is 95.5 Å². The van der Waals surface area contributed by atoms with E-state index in [1.54, 1.807) is 0 Å². The van der Waals surface area contributed by atoms with Gasteiger partial charge in [-0.1, -0.05) is 12.1 Å². The molecule has 0 saturated carbocycles. The number of benzene rings is 1. The first-order valence-electron chi connectivity index (χ1n) is 4.51. The van der Waals surface area contributed by atoms with E-state index in [0.717, 1.165) is 21.1 Å². The standard InChI is InChI=1S/C11H10BrNO2/c1-6-9(11(14)15)7-4-3-5-8(12)10(7)13(6)2/h3-5H,1-2H3,(H,14,15). The SMILES string of the molecule is Cc1c(C(=O)O)c2cccc(Br)c2n1C. The molecule has 4 heteroatoms. The summed E-state index contributed by atoms with van der Waals surface area (Å²) in [5.74, 6) is -0.879. The quantitative estimate of drug-likeness (QED) is 0.863. The van der Waals surface area contributed by atoms with Crippen LogP contribution in [0.3, 0.4) is 0 Å². The van der Waals surface area contributed by atoms with Crippen LogP contribution in [0.5, 0.6) is 0 Å². The highest BCUT2D eigenvalue weighted by Gasteiger charge is 2.18. The summed E-state index contributed by atoms with van der Waals surface area (Å²) in [6.07, 6.45) is 0. The molecule has 0 aliphatic heterocycles. The minimum Gasteiger partial charge on any atom is -0.478 e. The maximum absolute atomic E-state index is 11.1. The Morgan fingerprint density at radius 2 is 2.13 bits per heavy atom. The molecule has 0 amide bonds. The van der Waals surface area contributed by atoms with E-state index in [9.17, 15) is 4.79 Å². The molecule has 0 fully saturated rings. The fraction of sp³-hybridized carbons (Fsp3) is 0.182. The number of aryl methyl sites for hydroxylation is 1. The summed E-state index contributed by atoms with van der Waals surface area (Å²) in [5.41, 5.74) is 2.07. The first kappa shape index (κ1) is 10.2. The van der Waals surface area contributed by atoms with Crippen molar-refractivity contribution in [2.24, 2.45) is 7.05 Å². The van der Waals surface area contributed by atoms with Crippen molar-refractivity contribution in [1.29, 1.82) is 0 Å². The molecule has 0 aliphatic rings. The van der Waals surface area contributed by atoms with Crippen LogP contribution in [-0.4, -0.2) is 15.6 Å². The molecule has 0 bridgehead atoms.